The smallest absolute Gasteiger partial charge is 0.261 e. The summed E-state index contributed by atoms with van der Waals surface area (Å²) < 4.78 is 7.16. The maximum Gasteiger partial charge on any atom is 0.261 e. The van der Waals surface area contributed by atoms with Gasteiger partial charge in [-0.1, -0.05) is 29.4 Å². The lowest BCUT2D eigenvalue weighted by Gasteiger charge is -2.26. The van der Waals surface area contributed by atoms with Gasteiger partial charge in [0.25, 0.3) is 11.4 Å². The summed E-state index contributed by atoms with van der Waals surface area (Å²) in [6, 6.07) is 7.77. The zero-order chi connectivity index (χ0) is 24.7. The van der Waals surface area contributed by atoms with Crippen LogP contribution in [0.2, 0.25) is 0 Å². The minimum Gasteiger partial charge on any atom is -0.369 e. The number of hydrogen-bond acceptors (Lipinski definition) is 8. The van der Waals surface area contributed by atoms with Gasteiger partial charge in [-0.05, 0) is 36.8 Å². The van der Waals surface area contributed by atoms with Crippen LogP contribution in [0.4, 0.5) is 5.95 Å². The van der Waals surface area contributed by atoms with Gasteiger partial charge in [0.15, 0.2) is 11.8 Å². The predicted molar refractivity (Wildman–Crippen MR) is 128 cm³/mol. The van der Waals surface area contributed by atoms with E-state index in [0.717, 1.165) is 24.0 Å². The summed E-state index contributed by atoms with van der Waals surface area (Å²) in [6.45, 7) is 2.25. The zero-order valence-corrected chi connectivity index (χ0v) is 19.7. The Morgan fingerprint density at radius 2 is 1.97 bits per heavy atom. The number of nitrogens with zero attached hydrogens (tertiary/aromatic N) is 6. The van der Waals surface area contributed by atoms with Crippen molar-refractivity contribution in [1.29, 1.82) is 0 Å². The van der Waals surface area contributed by atoms with Gasteiger partial charge < -0.3 is 15.2 Å². The number of amides is 1. The molecule has 1 amide bonds. The van der Waals surface area contributed by atoms with Crippen LogP contribution in [0.3, 0.4) is 0 Å². The molecule has 3 heterocycles. The number of H-pyrrole nitrogens is 1. The van der Waals surface area contributed by atoms with Crippen molar-refractivity contribution in [3.63, 3.8) is 0 Å². The topological polar surface area (TPSA) is 149 Å². The van der Waals surface area contributed by atoms with Crippen molar-refractivity contribution in [2.24, 2.45) is 5.92 Å². The fourth-order valence-corrected chi connectivity index (χ4v) is 4.21. The number of carbonyl (C=O) groups excluding carboxylic acids is 1. The summed E-state index contributed by atoms with van der Waals surface area (Å²) in [6.07, 6.45) is 6.94. The molecular formula is C24H26N8O3. The van der Waals surface area contributed by atoms with Gasteiger partial charge in [0.1, 0.15) is 6.54 Å². The maximum absolute atomic E-state index is 12.3. The molecular weight excluding hydrogens is 448 g/mol. The molecule has 0 saturated heterocycles. The van der Waals surface area contributed by atoms with E-state index in [9.17, 15) is 9.59 Å². The summed E-state index contributed by atoms with van der Waals surface area (Å²) in [7, 11) is 3.40. The van der Waals surface area contributed by atoms with Gasteiger partial charge in [-0.15, -0.1) is 0 Å². The predicted octanol–water partition coefficient (Wildman–Crippen LogP) is 2.07. The zero-order valence-electron chi connectivity index (χ0n) is 19.7. The van der Waals surface area contributed by atoms with E-state index in [0.29, 0.717) is 28.8 Å². The summed E-state index contributed by atoms with van der Waals surface area (Å²) in [5.41, 5.74) is 7.69. The van der Waals surface area contributed by atoms with Gasteiger partial charge >= 0.3 is 0 Å². The minimum atomic E-state index is -0.455. The molecule has 11 heteroatoms. The second-order valence-corrected chi connectivity index (χ2v) is 9.20. The van der Waals surface area contributed by atoms with E-state index >= 15 is 0 Å². The van der Waals surface area contributed by atoms with E-state index in [4.69, 9.17) is 15.2 Å². The van der Waals surface area contributed by atoms with Gasteiger partial charge in [0.2, 0.25) is 5.91 Å². The van der Waals surface area contributed by atoms with E-state index in [-0.39, 0.29) is 24.0 Å². The molecule has 1 saturated carbocycles. The lowest BCUT2D eigenvalue weighted by molar-refractivity contribution is -0.129. The van der Waals surface area contributed by atoms with E-state index < -0.39 is 5.41 Å². The first-order chi connectivity index (χ1) is 16.8. The highest BCUT2D eigenvalue weighted by atomic mass is 16.5. The maximum atomic E-state index is 12.3. The lowest BCUT2D eigenvalue weighted by Crippen LogP contribution is -2.28. The molecule has 1 aliphatic carbocycles. The van der Waals surface area contributed by atoms with Gasteiger partial charge in [-0.3, -0.25) is 19.3 Å². The molecule has 5 rings (SSSR count). The van der Waals surface area contributed by atoms with Gasteiger partial charge in [0.05, 0.1) is 22.7 Å². The Balaban J connectivity index is 1.43. The summed E-state index contributed by atoms with van der Waals surface area (Å²) in [5, 5.41) is 8.57. The molecule has 4 aromatic rings. The van der Waals surface area contributed by atoms with Crippen LogP contribution in [0.1, 0.15) is 31.2 Å². The molecule has 11 nitrogen and oxygen atoms in total. The van der Waals surface area contributed by atoms with Crippen LogP contribution in [0, 0.1) is 5.92 Å². The Labute approximate surface area is 201 Å². The largest absolute Gasteiger partial charge is 0.369 e. The quantitative estimate of drug-likeness (QED) is 0.413. The molecule has 3 N–H and O–H groups in total. The van der Waals surface area contributed by atoms with E-state index in [1.54, 1.807) is 31.2 Å². The first-order valence-electron chi connectivity index (χ1n) is 11.3. The van der Waals surface area contributed by atoms with Crippen molar-refractivity contribution in [3.05, 3.63) is 64.6 Å². The number of anilines is 1. The van der Waals surface area contributed by atoms with Crippen LogP contribution in [0.5, 0.6) is 0 Å². The highest BCUT2D eigenvalue weighted by Gasteiger charge is 2.47. The number of nitrogens with one attached hydrogen (secondary N) is 1. The number of rotatable bonds is 7. The Morgan fingerprint density at radius 3 is 2.63 bits per heavy atom. The minimum absolute atomic E-state index is 0.0626. The van der Waals surface area contributed by atoms with E-state index in [1.807, 2.05) is 24.3 Å². The Kier molecular flexibility index (Phi) is 5.46. The number of nitrogen functional groups attached to an aromatic ring is 1. The third-order valence-electron chi connectivity index (χ3n) is 6.58. The van der Waals surface area contributed by atoms with Gasteiger partial charge in [-0.25, -0.2) is 4.98 Å². The number of likely N-dealkylation sites (N-methyl/N-ethyl adjacent to an activating group) is 1. The molecule has 0 aliphatic heterocycles. The summed E-state index contributed by atoms with van der Waals surface area (Å²) in [4.78, 5) is 37.0. The molecule has 1 aromatic carbocycles. The van der Waals surface area contributed by atoms with Crippen molar-refractivity contribution >= 4 is 11.9 Å². The molecule has 0 bridgehead atoms. The highest BCUT2D eigenvalue weighted by Crippen LogP contribution is 2.50. The van der Waals surface area contributed by atoms with Gasteiger partial charge in [-0.2, -0.15) is 10.1 Å². The molecule has 180 valence electrons. The SMILES string of the molecule is CN(C)C(=O)Cn1cc(-c2nc(C(C)(c3ccc(-c4cnc(N)[nH]c4=O)cc3)C3CC3)no2)cn1. The third-order valence-corrected chi connectivity index (χ3v) is 6.58. The number of carbonyl (C=O) groups is 1. The van der Waals surface area contributed by atoms with E-state index in [1.165, 1.54) is 11.1 Å². The number of hydrogen-bond donors (Lipinski definition) is 2. The first kappa shape index (κ1) is 22.5. The Hall–Kier alpha value is -4.28. The van der Waals surface area contributed by atoms with Crippen molar-refractivity contribution in [2.75, 3.05) is 19.8 Å². The van der Waals surface area contributed by atoms with Crippen LogP contribution < -0.4 is 11.3 Å². The summed E-state index contributed by atoms with van der Waals surface area (Å²) >= 11 is 0. The van der Waals surface area contributed by atoms with Crippen molar-refractivity contribution < 1.29 is 9.32 Å². The second-order valence-electron chi connectivity index (χ2n) is 9.20. The molecule has 1 fully saturated rings. The second kappa shape index (κ2) is 8.49. The molecule has 0 radical (unpaired) electrons. The fourth-order valence-electron chi connectivity index (χ4n) is 4.21. The average molecular weight is 475 g/mol. The fraction of sp³-hybridized carbons (Fsp3) is 0.333. The third kappa shape index (κ3) is 4.20. The summed E-state index contributed by atoms with van der Waals surface area (Å²) in [5.74, 6) is 1.34. The molecule has 3 aromatic heterocycles. The van der Waals surface area contributed by atoms with E-state index in [2.05, 4.69) is 27.1 Å². The van der Waals surface area contributed by atoms with Crippen LogP contribution in [0.15, 0.2) is 52.2 Å². The number of nitrogens with two attached hydrogens (primary N) is 1. The van der Waals surface area contributed by atoms with Crippen molar-refractivity contribution in [2.45, 2.75) is 31.7 Å². The van der Waals surface area contributed by atoms with Crippen molar-refractivity contribution in [3.8, 4) is 22.6 Å². The van der Waals surface area contributed by atoms with Crippen LogP contribution in [0.25, 0.3) is 22.6 Å². The highest BCUT2D eigenvalue weighted by molar-refractivity contribution is 5.75. The number of benzene rings is 1. The first-order valence-corrected chi connectivity index (χ1v) is 11.3. The number of aromatic amines is 1. The molecule has 1 atom stereocenters. The molecule has 1 unspecified atom stereocenters. The number of aromatic nitrogens is 6. The average Bonchev–Trinajstić information content (AvgIpc) is 3.39. The lowest BCUT2D eigenvalue weighted by atomic mass is 9.76. The van der Waals surface area contributed by atoms with Crippen LogP contribution in [-0.4, -0.2) is 54.8 Å². The Morgan fingerprint density at radius 1 is 1.23 bits per heavy atom. The van der Waals surface area contributed by atoms with Gasteiger partial charge in [0, 0.05) is 26.5 Å². The Bertz CT molecular complexity index is 1430. The molecule has 35 heavy (non-hydrogen) atoms. The standard InChI is InChI=1S/C24H26N8O3/c1-24(17-8-9-17,16-6-4-14(5-7-16)18-11-26-23(25)28-20(18)34)22-29-21(35-30-22)15-10-27-32(12-15)13-19(33)31(2)3/h4-7,10-12,17H,8-9,13H2,1-3H3,(H3,25,26,28,34). The monoisotopic (exact) mass is 474 g/mol. The molecule has 1 aliphatic rings. The van der Waals surface area contributed by atoms with Crippen molar-refractivity contribution in [1.82, 2.24) is 34.8 Å². The van der Waals surface area contributed by atoms with Crippen LogP contribution in [-0.2, 0) is 16.8 Å². The normalized spacial score (nSPS) is 15.1. The molecule has 0 spiro atoms. The van der Waals surface area contributed by atoms with Crippen LogP contribution >= 0.6 is 0 Å².